The first-order valence-electron chi connectivity index (χ1n) is 23.6. The van der Waals surface area contributed by atoms with Crippen LogP contribution in [0.2, 0.25) is 0 Å². The van der Waals surface area contributed by atoms with Crippen molar-refractivity contribution in [2.24, 2.45) is 17.8 Å². The van der Waals surface area contributed by atoms with Gasteiger partial charge in [-0.1, -0.05) is 215 Å². The van der Waals surface area contributed by atoms with E-state index >= 15 is 0 Å². The molecule has 0 heterocycles. The van der Waals surface area contributed by atoms with Gasteiger partial charge in [0.15, 0.2) is 6.10 Å². The Morgan fingerprint density at radius 1 is 0.370 bits per heavy atom. The van der Waals surface area contributed by atoms with Gasteiger partial charge in [-0.05, 0) is 37.0 Å². The van der Waals surface area contributed by atoms with E-state index in [2.05, 4.69) is 41.5 Å². The first-order valence-corrected chi connectivity index (χ1v) is 23.6. The fourth-order valence-corrected chi connectivity index (χ4v) is 7.02. The largest absolute Gasteiger partial charge is 0.462 e. The van der Waals surface area contributed by atoms with Gasteiger partial charge in [-0.2, -0.15) is 0 Å². The van der Waals surface area contributed by atoms with E-state index in [9.17, 15) is 14.4 Å². The molecule has 0 aliphatic carbocycles. The Morgan fingerprint density at radius 3 is 0.963 bits per heavy atom. The van der Waals surface area contributed by atoms with Crippen LogP contribution in [0.5, 0.6) is 0 Å². The third kappa shape index (κ3) is 40.1. The molecule has 0 saturated heterocycles. The maximum atomic E-state index is 12.7. The molecule has 0 aromatic heterocycles. The maximum Gasteiger partial charge on any atom is 0.306 e. The summed E-state index contributed by atoms with van der Waals surface area (Å²) in [5.41, 5.74) is 0. The zero-order valence-electron chi connectivity index (χ0n) is 37.0. The lowest BCUT2D eigenvalue weighted by molar-refractivity contribution is -0.167. The minimum atomic E-state index is -0.762. The van der Waals surface area contributed by atoms with E-state index in [-0.39, 0.29) is 31.1 Å². The molecule has 0 radical (unpaired) electrons. The molecular weight excluding hydrogens is 673 g/mol. The van der Waals surface area contributed by atoms with E-state index in [1.807, 2.05) is 0 Å². The van der Waals surface area contributed by atoms with Crippen LogP contribution in [-0.4, -0.2) is 37.2 Å². The predicted molar refractivity (Wildman–Crippen MR) is 229 cm³/mol. The first-order chi connectivity index (χ1) is 26.1. The fraction of sp³-hybridized carbons (Fsp3) is 0.938. The molecule has 1 unspecified atom stereocenters. The van der Waals surface area contributed by atoms with E-state index in [0.29, 0.717) is 19.3 Å². The maximum absolute atomic E-state index is 12.7. The quantitative estimate of drug-likeness (QED) is 0.0350. The van der Waals surface area contributed by atoms with Gasteiger partial charge < -0.3 is 14.2 Å². The van der Waals surface area contributed by atoms with Crippen molar-refractivity contribution in [3.05, 3.63) is 0 Å². The summed E-state index contributed by atoms with van der Waals surface area (Å²) in [6.07, 6.45) is 36.6. The summed E-state index contributed by atoms with van der Waals surface area (Å²) in [5, 5.41) is 0. The molecule has 54 heavy (non-hydrogen) atoms. The summed E-state index contributed by atoms with van der Waals surface area (Å²) in [7, 11) is 0. The second-order valence-corrected chi connectivity index (χ2v) is 17.6. The molecule has 0 amide bonds. The van der Waals surface area contributed by atoms with E-state index in [0.717, 1.165) is 75.5 Å². The Kier molecular flexibility index (Phi) is 38.5. The van der Waals surface area contributed by atoms with Crippen molar-refractivity contribution in [3.8, 4) is 0 Å². The van der Waals surface area contributed by atoms with E-state index in [1.165, 1.54) is 135 Å². The van der Waals surface area contributed by atoms with Gasteiger partial charge >= 0.3 is 17.9 Å². The lowest BCUT2D eigenvalue weighted by Gasteiger charge is -2.18. The van der Waals surface area contributed by atoms with Crippen LogP contribution in [0.1, 0.15) is 253 Å². The van der Waals surface area contributed by atoms with Crippen molar-refractivity contribution in [2.45, 2.75) is 260 Å². The predicted octanol–water partition coefficient (Wildman–Crippen LogP) is 14.8. The zero-order chi connectivity index (χ0) is 39.9. The molecule has 0 aliphatic heterocycles. The van der Waals surface area contributed by atoms with Gasteiger partial charge in [0.25, 0.3) is 0 Å². The molecule has 0 aromatic rings. The highest BCUT2D eigenvalue weighted by Gasteiger charge is 2.19. The molecule has 0 bridgehead atoms. The Balaban J connectivity index is 4.34. The van der Waals surface area contributed by atoms with Crippen molar-refractivity contribution in [1.29, 1.82) is 0 Å². The SMILES string of the molecule is CCC(C)CCCCCCCCCCCCC(=O)OC[C@@H](COC(=O)CCCCCCCCCC(C)C)OC(=O)CCCCCCCCCCCC(C)C. The molecular formula is C48H92O6. The van der Waals surface area contributed by atoms with Gasteiger partial charge in [-0.15, -0.1) is 0 Å². The van der Waals surface area contributed by atoms with Gasteiger partial charge in [0.2, 0.25) is 0 Å². The summed E-state index contributed by atoms with van der Waals surface area (Å²) in [4.78, 5) is 37.7. The third-order valence-electron chi connectivity index (χ3n) is 11.0. The Bertz CT molecular complexity index is 839. The molecule has 2 atom stereocenters. The molecule has 0 spiro atoms. The van der Waals surface area contributed by atoms with E-state index in [1.54, 1.807) is 0 Å². The summed E-state index contributed by atoms with van der Waals surface area (Å²) >= 11 is 0. The number of hydrogen-bond acceptors (Lipinski definition) is 6. The van der Waals surface area contributed by atoms with E-state index in [4.69, 9.17) is 14.2 Å². The lowest BCUT2D eigenvalue weighted by atomic mass is 9.99. The van der Waals surface area contributed by atoms with Crippen LogP contribution in [0.15, 0.2) is 0 Å². The van der Waals surface area contributed by atoms with Gasteiger partial charge in [0.1, 0.15) is 13.2 Å². The number of hydrogen-bond donors (Lipinski definition) is 0. The molecule has 0 fully saturated rings. The monoisotopic (exact) mass is 765 g/mol. The minimum Gasteiger partial charge on any atom is -0.462 e. The third-order valence-corrected chi connectivity index (χ3v) is 11.0. The standard InChI is InChI=1S/C48H92O6/c1-7-44(6)36-30-24-18-12-8-9-13-19-25-31-37-46(49)52-40-45(41-53-47(50)38-32-26-21-15-17-23-29-35-43(4)5)54-48(51)39-33-27-20-14-10-11-16-22-28-34-42(2)3/h42-45H,7-41H2,1-6H3/t44?,45-/m0/s1. The van der Waals surface area contributed by atoms with Crippen LogP contribution in [0, 0.1) is 17.8 Å². The van der Waals surface area contributed by atoms with Crippen molar-refractivity contribution in [2.75, 3.05) is 13.2 Å². The molecule has 0 rings (SSSR count). The van der Waals surface area contributed by atoms with Crippen LogP contribution in [-0.2, 0) is 28.6 Å². The number of ether oxygens (including phenoxy) is 3. The highest BCUT2D eigenvalue weighted by molar-refractivity contribution is 5.71. The number of carbonyl (C=O) groups excluding carboxylic acids is 3. The van der Waals surface area contributed by atoms with Crippen LogP contribution < -0.4 is 0 Å². The topological polar surface area (TPSA) is 78.9 Å². The van der Waals surface area contributed by atoms with Crippen molar-refractivity contribution >= 4 is 17.9 Å². The highest BCUT2D eigenvalue weighted by atomic mass is 16.6. The smallest absolute Gasteiger partial charge is 0.306 e. The summed E-state index contributed by atoms with van der Waals surface area (Å²) in [6, 6.07) is 0. The normalized spacial score (nSPS) is 12.7. The molecule has 6 heteroatoms. The highest BCUT2D eigenvalue weighted by Crippen LogP contribution is 2.17. The Morgan fingerprint density at radius 2 is 0.648 bits per heavy atom. The average Bonchev–Trinajstić information content (AvgIpc) is 3.14. The first kappa shape index (κ1) is 52.4. The van der Waals surface area contributed by atoms with Crippen molar-refractivity contribution < 1.29 is 28.6 Å². The Hall–Kier alpha value is -1.59. The van der Waals surface area contributed by atoms with Gasteiger partial charge in [0.05, 0.1) is 0 Å². The number of carbonyl (C=O) groups is 3. The Labute approximate surface area is 336 Å². The fourth-order valence-electron chi connectivity index (χ4n) is 7.02. The second-order valence-electron chi connectivity index (χ2n) is 17.6. The van der Waals surface area contributed by atoms with Crippen LogP contribution in [0.25, 0.3) is 0 Å². The zero-order valence-corrected chi connectivity index (χ0v) is 37.0. The lowest BCUT2D eigenvalue weighted by Crippen LogP contribution is -2.30. The van der Waals surface area contributed by atoms with Crippen molar-refractivity contribution in [1.82, 2.24) is 0 Å². The molecule has 320 valence electrons. The van der Waals surface area contributed by atoms with Gasteiger partial charge in [-0.3, -0.25) is 14.4 Å². The van der Waals surface area contributed by atoms with Gasteiger partial charge in [-0.25, -0.2) is 0 Å². The second kappa shape index (κ2) is 39.6. The van der Waals surface area contributed by atoms with Crippen LogP contribution in [0.3, 0.4) is 0 Å². The summed E-state index contributed by atoms with van der Waals surface area (Å²) < 4.78 is 16.7. The molecule has 0 N–H and O–H groups in total. The van der Waals surface area contributed by atoms with Gasteiger partial charge in [0, 0.05) is 19.3 Å². The number of esters is 3. The molecule has 0 saturated carbocycles. The summed E-state index contributed by atoms with van der Waals surface area (Å²) in [5.74, 6) is 1.59. The molecule has 0 aromatic carbocycles. The van der Waals surface area contributed by atoms with Crippen LogP contribution in [0.4, 0.5) is 0 Å². The number of rotatable bonds is 41. The summed E-state index contributed by atoms with van der Waals surface area (Å²) in [6.45, 7) is 13.6. The van der Waals surface area contributed by atoms with Crippen LogP contribution >= 0.6 is 0 Å². The number of unbranched alkanes of at least 4 members (excludes halogenated alkanes) is 23. The molecule has 6 nitrogen and oxygen atoms in total. The minimum absolute atomic E-state index is 0.0663. The van der Waals surface area contributed by atoms with Crippen molar-refractivity contribution in [3.63, 3.8) is 0 Å². The molecule has 0 aliphatic rings. The average molecular weight is 765 g/mol. The van der Waals surface area contributed by atoms with E-state index < -0.39 is 6.10 Å².